The van der Waals surface area contributed by atoms with Crippen molar-refractivity contribution in [2.75, 3.05) is 12.4 Å². The van der Waals surface area contributed by atoms with Crippen molar-refractivity contribution in [3.05, 3.63) is 69.8 Å². The maximum absolute atomic E-state index is 11.9. The Balaban J connectivity index is 2.08. The summed E-state index contributed by atoms with van der Waals surface area (Å²) in [7, 11) is 1.58. The molecule has 0 unspecified atom stereocenters. The third-order valence-corrected chi connectivity index (χ3v) is 3.30. The summed E-state index contributed by atoms with van der Waals surface area (Å²) in [6.45, 7) is 1.60. The van der Waals surface area contributed by atoms with E-state index in [1.807, 2.05) is 12.1 Å². The number of rotatable bonds is 5. The third kappa shape index (κ3) is 4.16. The second-order valence-corrected chi connectivity index (χ2v) is 4.80. The molecule has 2 rings (SSSR count). The predicted molar refractivity (Wildman–Crippen MR) is 88.5 cm³/mol. The van der Waals surface area contributed by atoms with Crippen molar-refractivity contribution in [2.24, 2.45) is 0 Å². The summed E-state index contributed by atoms with van der Waals surface area (Å²) in [6.07, 6.45) is 3.03. The van der Waals surface area contributed by atoms with Crippen molar-refractivity contribution < 1.29 is 14.5 Å². The molecule has 0 aliphatic heterocycles. The van der Waals surface area contributed by atoms with Gasteiger partial charge in [-0.1, -0.05) is 18.2 Å². The molecule has 118 valence electrons. The van der Waals surface area contributed by atoms with Crippen molar-refractivity contribution in [1.82, 2.24) is 0 Å². The van der Waals surface area contributed by atoms with Crippen LogP contribution in [0.5, 0.6) is 5.75 Å². The van der Waals surface area contributed by atoms with Crippen LogP contribution in [0.15, 0.2) is 48.5 Å². The molecule has 0 fully saturated rings. The van der Waals surface area contributed by atoms with Crippen LogP contribution >= 0.6 is 0 Å². The Labute approximate surface area is 133 Å². The van der Waals surface area contributed by atoms with E-state index in [4.69, 9.17) is 4.74 Å². The Morgan fingerprint density at radius 3 is 2.52 bits per heavy atom. The number of amides is 1. The van der Waals surface area contributed by atoms with Crippen LogP contribution in [0.2, 0.25) is 0 Å². The fourth-order valence-corrected chi connectivity index (χ4v) is 2.02. The lowest BCUT2D eigenvalue weighted by Gasteiger charge is -2.06. The highest BCUT2D eigenvalue weighted by Crippen LogP contribution is 2.25. The van der Waals surface area contributed by atoms with E-state index >= 15 is 0 Å². The molecule has 0 saturated heterocycles. The van der Waals surface area contributed by atoms with Crippen LogP contribution in [0.1, 0.15) is 11.1 Å². The van der Waals surface area contributed by atoms with Gasteiger partial charge in [-0.25, -0.2) is 0 Å². The molecule has 0 aliphatic rings. The first-order valence-corrected chi connectivity index (χ1v) is 6.88. The van der Waals surface area contributed by atoms with Crippen molar-refractivity contribution in [1.29, 1.82) is 0 Å². The van der Waals surface area contributed by atoms with Crippen LogP contribution in [0, 0.1) is 17.0 Å². The number of nitrogens with one attached hydrogen (secondary N) is 1. The van der Waals surface area contributed by atoms with Gasteiger partial charge in [0.15, 0.2) is 0 Å². The number of ether oxygens (including phenoxy) is 1. The molecule has 2 aromatic carbocycles. The molecule has 0 heterocycles. The number of hydrogen-bond acceptors (Lipinski definition) is 4. The summed E-state index contributed by atoms with van der Waals surface area (Å²) < 4.78 is 5.06. The van der Waals surface area contributed by atoms with Gasteiger partial charge in [0.1, 0.15) is 5.75 Å². The van der Waals surface area contributed by atoms with E-state index in [0.717, 1.165) is 11.3 Å². The molecule has 1 amide bonds. The molecule has 0 aromatic heterocycles. The Morgan fingerprint density at radius 2 is 1.91 bits per heavy atom. The molecule has 0 aliphatic carbocycles. The Kier molecular flexibility index (Phi) is 5.09. The monoisotopic (exact) mass is 312 g/mol. The molecule has 0 spiro atoms. The van der Waals surface area contributed by atoms with Gasteiger partial charge in [-0.15, -0.1) is 0 Å². The minimum absolute atomic E-state index is 0.0260. The van der Waals surface area contributed by atoms with E-state index in [-0.39, 0.29) is 11.6 Å². The average Bonchev–Trinajstić information content (AvgIpc) is 2.55. The van der Waals surface area contributed by atoms with Crippen LogP contribution < -0.4 is 10.1 Å². The van der Waals surface area contributed by atoms with Gasteiger partial charge in [0.25, 0.3) is 5.69 Å². The van der Waals surface area contributed by atoms with Gasteiger partial charge in [0.05, 0.1) is 23.3 Å². The number of benzene rings is 2. The Bertz CT molecular complexity index is 752. The molecule has 0 bridgehead atoms. The van der Waals surface area contributed by atoms with Crippen LogP contribution in [-0.4, -0.2) is 17.9 Å². The van der Waals surface area contributed by atoms with Crippen LogP contribution in [0.4, 0.5) is 11.4 Å². The van der Waals surface area contributed by atoms with Gasteiger partial charge < -0.3 is 10.1 Å². The minimum Gasteiger partial charge on any atom is -0.497 e. The van der Waals surface area contributed by atoms with E-state index < -0.39 is 4.92 Å². The highest BCUT2D eigenvalue weighted by atomic mass is 16.6. The van der Waals surface area contributed by atoms with Gasteiger partial charge in [0, 0.05) is 12.1 Å². The second-order valence-electron chi connectivity index (χ2n) is 4.80. The zero-order valence-corrected chi connectivity index (χ0v) is 12.8. The number of hydrogen-bond donors (Lipinski definition) is 1. The number of carbonyl (C=O) groups excluding carboxylic acids is 1. The Morgan fingerprint density at radius 1 is 1.22 bits per heavy atom. The summed E-state index contributed by atoms with van der Waals surface area (Å²) in [6, 6.07) is 11.8. The fraction of sp³-hybridized carbons (Fsp3) is 0.118. The number of nitro benzene ring substituents is 1. The van der Waals surface area contributed by atoms with Gasteiger partial charge in [-0.2, -0.15) is 0 Å². The lowest BCUT2D eigenvalue weighted by molar-refractivity contribution is -0.385. The number of nitro groups is 1. The average molecular weight is 312 g/mol. The van der Waals surface area contributed by atoms with Gasteiger partial charge in [0.2, 0.25) is 5.91 Å². The molecule has 1 N–H and O–H groups in total. The van der Waals surface area contributed by atoms with Crippen molar-refractivity contribution in [2.45, 2.75) is 6.92 Å². The molecule has 0 atom stereocenters. The summed E-state index contributed by atoms with van der Waals surface area (Å²) in [5, 5.41) is 13.5. The summed E-state index contributed by atoms with van der Waals surface area (Å²) in [4.78, 5) is 22.4. The Hall–Kier alpha value is -3.15. The van der Waals surface area contributed by atoms with Gasteiger partial charge in [-0.05, 0) is 36.8 Å². The molecule has 6 heteroatoms. The lowest BCUT2D eigenvalue weighted by atomic mass is 10.1. The van der Waals surface area contributed by atoms with Crippen molar-refractivity contribution in [3.8, 4) is 5.75 Å². The maximum Gasteiger partial charge on any atom is 0.274 e. The van der Waals surface area contributed by atoms with E-state index in [0.29, 0.717) is 11.3 Å². The highest BCUT2D eigenvalue weighted by molar-refractivity contribution is 6.02. The zero-order chi connectivity index (χ0) is 16.8. The summed E-state index contributed by atoms with van der Waals surface area (Å²) in [5.74, 6) is 0.378. The third-order valence-electron chi connectivity index (χ3n) is 3.30. The SMILES string of the molecule is COc1ccc(/C=C/C(=O)Nc2cccc([N+](=O)[O-])c2C)cc1. The lowest BCUT2D eigenvalue weighted by Crippen LogP contribution is -2.09. The molecule has 0 saturated carbocycles. The summed E-state index contributed by atoms with van der Waals surface area (Å²) >= 11 is 0. The second kappa shape index (κ2) is 7.22. The fourth-order valence-electron chi connectivity index (χ4n) is 2.02. The standard InChI is InChI=1S/C17H16N2O4/c1-12-15(4-3-5-16(12)19(21)22)18-17(20)11-8-13-6-9-14(23-2)10-7-13/h3-11H,1-2H3,(H,18,20)/b11-8+. The number of nitrogens with zero attached hydrogens (tertiary/aromatic N) is 1. The number of methoxy groups -OCH3 is 1. The van der Waals surface area contributed by atoms with Crippen LogP contribution in [0.25, 0.3) is 6.08 Å². The smallest absolute Gasteiger partial charge is 0.274 e. The molecule has 2 aromatic rings. The minimum atomic E-state index is -0.474. The number of carbonyl (C=O) groups is 1. The molecular formula is C17H16N2O4. The quantitative estimate of drug-likeness (QED) is 0.520. The highest BCUT2D eigenvalue weighted by Gasteiger charge is 2.13. The predicted octanol–water partition coefficient (Wildman–Crippen LogP) is 3.56. The van der Waals surface area contributed by atoms with Crippen LogP contribution in [-0.2, 0) is 4.79 Å². The maximum atomic E-state index is 11.9. The zero-order valence-electron chi connectivity index (χ0n) is 12.8. The van der Waals surface area contributed by atoms with E-state index in [2.05, 4.69) is 5.32 Å². The van der Waals surface area contributed by atoms with Gasteiger partial charge >= 0.3 is 0 Å². The first-order valence-electron chi connectivity index (χ1n) is 6.88. The first-order chi connectivity index (χ1) is 11.0. The van der Waals surface area contributed by atoms with Crippen molar-refractivity contribution in [3.63, 3.8) is 0 Å². The largest absolute Gasteiger partial charge is 0.497 e. The van der Waals surface area contributed by atoms with E-state index in [9.17, 15) is 14.9 Å². The molecule has 23 heavy (non-hydrogen) atoms. The summed E-state index contributed by atoms with van der Waals surface area (Å²) in [5.41, 5.74) is 1.66. The number of anilines is 1. The molecular weight excluding hydrogens is 296 g/mol. The van der Waals surface area contributed by atoms with Crippen molar-refractivity contribution >= 4 is 23.4 Å². The van der Waals surface area contributed by atoms with Gasteiger partial charge in [-0.3, -0.25) is 14.9 Å². The normalized spacial score (nSPS) is 10.5. The molecule has 0 radical (unpaired) electrons. The van der Waals surface area contributed by atoms with E-state index in [1.165, 1.54) is 18.2 Å². The first kappa shape index (κ1) is 16.2. The molecule has 6 nitrogen and oxygen atoms in total. The van der Waals surface area contributed by atoms with Crippen LogP contribution in [0.3, 0.4) is 0 Å². The topological polar surface area (TPSA) is 81.5 Å². The van der Waals surface area contributed by atoms with E-state index in [1.54, 1.807) is 38.3 Å².